The molecule has 0 saturated heterocycles. The molecule has 1 aliphatic carbocycles. The van der Waals surface area contributed by atoms with Crippen LogP contribution in [-0.4, -0.2) is 25.8 Å². The summed E-state index contributed by atoms with van der Waals surface area (Å²) in [5.74, 6) is 0. The van der Waals surface area contributed by atoms with Crippen molar-refractivity contribution in [3.63, 3.8) is 0 Å². The van der Waals surface area contributed by atoms with Gasteiger partial charge in [0.25, 0.3) is 0 Å². The summed E-state index contributed by atoms with van der Waals surface area (Å²) in [5, 5.41) is 7.90. The second-order valence-corrected chi connectivity index (χ2v) is 5.04. The second kappa shape index (κ2) is 4.57. The Kier molecular flexibility index (Phi) is 2.91. The maximum absolute atomic E-state index is 4.34. The molecule has 2 heterocycles. The fraction of sp³-hybridized carbons (Fsp3) is 0.538. The molecule has 3 rings (SSSR count). The molecule has 2 aromatic heterocycles. The predicted molar refractivity (Wildman–Crippen MR) is 69.2 cm³/mol. The SMILES string of the molecule is CC(NC1CCc2nc[nH]c2C1)c1ccnn1C. The van der Waals surface area contributed by atoms with Crippen LogP contribution in [-0.2, 0) is 19.9 Å². The normalized spacial score (nSPS) is 20.7. The molecule has 0 amide bonds. The average molecular weight is 245 g/mol. The number of imidazole rings is 1. The highest BCUT2D eigenvalue weighted by Gasteiger charge is 2.22. The molecule has 1 aliphatic rings. The van der Waals surface area contributed by atoms with Gasteiger partial charge in [0, 0.05) is 37.4 Å². The molecular weight excluding hydrogens is 226 g/mol. The summed E-state index contributed by atoms with van der Waals surface area (Å²) < 4.78 is 1.93. The molecule has 0 bridgehead atoms. The average Bonchev–Trinajstić information content (AvgIpc) is 2.96. The molecule has 0 radical (unpaired) electrons. The van der Waals surface area contributed by atoms with Gasteiger partial charge in [0.05, 0.1) is 17.7 Å². The molecule has 0 spiro atoms. The molecule has 2 aromatic rings. The monoisotopic (exact) mass is 245 g/mol. The minimum atomic E-state index is 0.326. The van der Waals surface area contributed by atoms with E-state index in [9.17, 15) is 0 Å². The summed E-state index contributed by atoms with van der Waals surface area (Å²) in [5.41, 5.74) is 3.75. The van der Waals surface area contributed by atoms with Crippen molar-refractivity contribution in [1.29, 1.82) is 0 Å². The van der Waals surface area contributed by atoms with Gasteiger partial charge in [-0.1, -0.05) is 0 Å². The van der Waals surface area contributed by atoms with Gasteiger partial charge in [0.15, 0.2) is 0 Å². The zero-order valence-electron chi connectivity index (χ0n) is 10.8. The van der Waals surface area contributed by atoms with Crippen molar-refractivity contribution in [2.75, 3.05) is 0 Å². The zero-order chi connectivity index (χ0) is 12.5. The largest absolute Gasteiger partial charge is 0.348 e. The molecule has 0 saturated carbocycles. The number of rotatable bonds is 3. The van der Waals surface area contributed by atoms with Gasteiger partial charge in [-0.3, -0.25) is 4.68 Å². The lowest BCUT2D eigenvalue weighted by atomic mass is 9.95. The van der Waals surface area contributed by atoms with E-state index >= 15 is 0 Å². The molecule has 96 valence electrons. The highest BCUT2D eigenvalue weighted by molar-refractivity contribution is 5.17. The number of H-pyrrole nitrogens is 1. The van der Waals surface area contributed by atoms with Gasteiger partial charge in [0.1, 0.15) is 0 Å². The fourth-order valence-corrected chi connectivity index (χ4v) is 2.79. The standard InChI is InChI=1S/C13H19N5/c1-9(13-5-6-16-18(13)2)17-10-3-4-11-12(7-10)15-8-14-11/h5-6,8-10,17H,3-4,7H2,1-2H3,(H,14,15). The number of aryl methyl sites for hydroxylation is 2. The minimum Gasteiger partial charge on any atom is -0.348 e. The summed E-state index contributed by atoms with van der Waals surface area (Å²) in [4.78, 5) is 7.58. The first kappa shape index (κ1) is 11.5. The van der Waals surface area contributed by atoms with Crippen LogP contribution in [0.25, 0.3) is 0 Å². The molecule has 5 nitrogen and oxygen atoms in total. The predicted octanol–water partition coefficient (Wildman–Crippen LogP) is 1.35. The number of hydrogen-bond acceptors (Lipinski definition) is 3. The number of aromatic amines is 1. The third-order valence-electron chi connectivity index (χ3n) is 3.78. The van der Waals surface area contributed by atoms with Gasteiger partial charge in [-0.15, -0.1) is 0 Å². The molecular formula is C13H19N5. The zero-order valence-corrected chi connectivity index (χ0v) is 10.8. The van der Waals surface area contributed by atoms with E-state index in [0.717, 1.165) is 19.3 Å². The number of hydrogen-bond donors (Lipinski definition) is 2. The van der Waals surface area contributed by atoms with Gasteiger partial charge in [-0.05, 0) is 25.8 Å². The van der Waals surface area contributed by atoms with Crippen LogP contribution >= 0.6 is 0 Å². The lowest BCUT2D eigenvalue weighted by molar-refractivity contribution is 0.398. The summed E-state index contributed by atoms with van der Waals surface area (Å²) in [6, 6.07) is 2.91. The van der Waals surface area contributed by atoms with E-state index in [-0.39, 0.29) is 0 Å². The van der Waals surface area contributed by atoms with Gasteiger partial charge < -0.3 is 10.3 Å². The Morgan fingerprint density at radius 1 is 1.56 bits per heavy atom. The van der Waals surface area contributed by atoms with Crippen LogP contribution in [0.3, 0.4) is 0 Å². The summed E-state index contributed by atoms with van der Waals surface area (Å²) >= 11 is 0. The van der Waals surface area contributed by atoms with Crippen LogP contribution in [0.4, 0.5) is 0 Å². The third kappa shape index (κ3) is 2.06. The number of fused-ring (bicyclic) bond motifs is 1. The summed E-state index contributed by atoms with van der Waals surface area (Å²) in [7, 11) is 1.99. The Hall–Kier alpha value is -1.62. The van der Waals surface area contributed by atoms with Crippen LogP contribution in [0, 0.1) is 0 Å². The molecule has 18 heavy (non-hydrogen) atoms. The van der Waals surface area contributed by atoms with Gasteiger partial charge >= 0.3 is 0 Å². The number of nitrogens with one attached hydrogen (secondary N) is 2. The minimum absolute atomic E-state index is 0.326. The van der Waals surface area contributed by atoms with Gasteiger partial charge in [-0.25, -0.2) is 4.98 Å². The Bertz CT molecular complexity index is 527. The van der Waals surface area contributed by atoms with E-state index in [0.29, 0.717) is 12.1 Å². The van der Waals surface area contributed by atoms with Crippen LogP contribution in [0.15, 0.2) is 18.6 Å². The fourth-order valence-electron chi connectivity index (χ4n) is 2.79. The highest BCUT2D eigenvalue weighted by Crippen LogP contribution is 2.20. The second-order valence-electron chi connectivity index (χ2n) is 5.04. The Labute approximate surface area is 107 Å². The van der Waals surface area contributed by atoms with Crippen LogP contribution in [0.5, 0.6) is 0 Å². The van der Waals surface area contributed by atoms with Crippen molar-refractivity contribution in [2.24, 2.45) is 7.05 Å². The molecule has 0 aromatic carbocycles. The highest BCUT2D eigenvalue weighted by atomic mass is 15.3. The van der Waals surface area contributed by atoms with Crippen molar-refractivity contribution in [1.82, 2.24) is 25.1 Å². The van der Waals surface area contributed by atoms with E-state index in [1.807, 2.05) is 17.9 Å². The Balaban J connectivity index is 1.66. The summed E-state index contributed by atoms with van der Waals surface area (Å²) in [6.45, 7) is 2.19. The van der Waals surface area contributed by atoms with Gasteiger partial charge in [-0.2, -0.15) is 5.10 Å². The maximum Gasteiger partial charge on any atom is 0.0925 e. The topological polar surface area (TPSA) is 58.5 Å². The van der Waals surface area contributed by atoms with Crippen molar-refractivity contribution < 1.29 is 0 Å². The summed E-state index contributed by atoms with van der Waals surface area (Å²) in [6.07, 6.45) is 6.91. The number of nitrogens with zero attached hydrogens (tertiary/aromatic N) is 3. The van der Waals surface area contributed by atoms with E-state index < -0.39 is 0 Å². The van der Waals surface area contributed by atoms with Crippen LogP contribution in [0.1, 0.15) is 36.5 Å². The van der Waals surface area contributed by atoms with Gasteiger partial charge in [0.2, 0.25) is 0 Å². The first-order chi connectivity index (χ1) is 8.74. The Morgan fingerprint density at radius 3 is 3.22 bits per heavy atom. The van der Waals surface area contributed by atoms with Crippen molar-refractivity contribution >= 4 is 0 Å². The molecule has 5 heteroatoms. The third-order valence-corrected chi connectivity index (χ3v) is 3.78. The van der Waals surface area contributed by atoms with Crippen molar-refractivity contribution in [2.45, 2.75) is 38.3 Å². The molecule has 2 unspecified atom stereocenters. The van der Waals surface area contributed by atoms with E-state index in [4.69, 9.17) is 0 Å². The molecule has 0 aliphatic heterocycles. The first-order valence-corrected chi connectivity index (χ1v) is 6.49. The smallest absolute Gasteiger partial charge is 0.0925 e. The first-order valence-electron chi connectivity index (χ1n) is 6.49. The van der Waals surface area contributed by atoms with E-state index in [1.165, 1.54) is 17.1 Å². The molecule has 0 fully saturated rings. The van der Waals surface area contributed by atoms with Crippen LogP contribution in [0.2, 0.25) is 0 Å². The molecule has 2 atom stereocenters. The lowest BCUT2D eigenvalue weighted by Crippen LogP contribution is -2.37. The van der Waals surface area contributed by atoms with Crippen LogP contribution < -0.4 is 5.32 Å². The van der Waals surface area contributed by atoms with E-state index in [1.54, 1.807) is 6.33 Å². The molecule has 2 N–H and O–H groups in total. The Morgan fingerprint density at radius 2 is 2.44 bits per heavy atom. The quantitative estimate of drug-likeness (QED) is 0.858. The van der Waals surface area contributed by atoms with Crippen molar-refractivity contribution in [3.05, 3.63) is 35.7 Å². The lowest BCUT2D eigenvalue weighted by Gasteiger charge is -2.26. The maximum atomic E-state index is 4.34. The number of aromatic nitrogens is 4. The van der Waals surface area contributed by atoms with Crippen molar-refractivity contribution in [3.8, 4) is 0 Å². The van der Waals surface area contributed by atoms with E-state index in [2.05, 4.69) is 33.4 Å².